The molecule has 0 aliphatic carbocycles. The maximum absolute atomic E-state index is 11.7. The highest BCUT2D eigenvalue weighted by Crippen LogP contribution is 2.37. The first-order valence-corrected chi connectivity index (χ1v) is 10.2. The number of nitrogens with one attached hydrogen (secondary N) is 1. The number of benzene rings is 2. The number of thioether (sulfide) groups is 1. The van der Waals surface area contributed by atoms with Crippen LogP contribution in [0.1, 0.15) is 15.9 Å². The van der Waals surface area contributed by atoms with Crippen LogP contribution in [0.25, 0.3) is 16.5 Å². The van der Waals surface area contributed by atoms with Crippen LogP contribution in [-0.2, 0) is 0 Å². The monoisotopic (exact) mass is 428 g/mol. The number of aromatic nitrogens is 1. The van der Waals surface area contributed by atoms with Crippen LogP contribution in [0.2, 0.25) is 10.0 Å². The number of rotatable bonds is 4. The average Bonchev–Trinajstić information content (AvgIpc) is 2.70. The van der Waals surface area contributed by atoms with E-state index < -0.39 is 5.97 Å². The van der Waals surface area contributed by atoms with Crippen LogP contribution in [0.5, 0.6) is 0 Å². The predicted molar refractivity (Wildman–Crippen MR) is 118 cm³/mol. The summed E-state index contributed by atoms with van der Waals surface area (Å²) in [5.41, 5.74) is 3.94. The second-order valence-corrected chi connectivity index (χ2v) is 7.94. The Labute approximate surface area is 175 Å². The van der Waals surface area contributed by atoms with E-state index in [0.717, 1.165) is 33.5 Å². The summed E-state index contributed by atoms with van der Waals surface area (Å²) in [4.78, 5) is 16.3. The molecule has 28 heavy (non-hydrogen) atoms. The standard InChI is InChI=1S/C21H14Cl2N2O2S/c22-13-1-3-18-15(9-13)20(17(11-24-18)12-5-7-28-8-6-12)25-19-4-2-14(23)10-16(19)21(26)27/h1-7,9-11H,8H2,(H,24,25)(H,26,27). The van der Waals surface area contributed by atoms with Crippen molar-refractivity contribution < 1.29 is 9.90 Å². The molecule has 0 fully saturated rings. The Morgan fingerprint density at radius 3 is 2.68 bits per heavy atom. The van der Waals surface area contributed by atoms with Gasteiger partial charge in [-0.05, 0) is 53.5 Å². The number of halogens is 2. The number of carboxylic acids is 1. The van der Waals surface area contributed by atoms with Gasteiger partial charge < -0.3 is 10.4 Å². The van der Waals surface area contributed by atoms with Crippen molar-refractivity contribution in [1.29, 1.82) is 0 Å². The van der Waals surface area contributed by atoms with Crippen molar-refractivity contribution in [1.82, 2.24) is 4.98 Å². The van der Waals surface area contributed by atoms with E-state index in [0.29, 0.717) is 15.7 Å². The highest BCUT2D eigenvalue weighted by Gasteiger charge is 2.17. The van der Waals surface area contributed by atoms with E-state index in [1.54, 1.807) is 36.2 Å². The summed E-state index contributed by atoms with van der Waals surface area (Å²) in [7, 11) is 0. The maximum atomic E-state index is 11.7. The summed E-state index contributed by atoms with van der Waals surface area (Å²) in [5, 5.41) is 16.7. The fourth-order valence-corrected chi connectivity index (χ4v) is 4.01. The molecule has 0 bridgehead atoms. The molecule has 1 aliphatic heterocycles. The third kappa shape index (κ3) is 3.74. The molecular formula is C21H14Cl2N2O2S. The Hall–Kier alpha value is -2.47. The predicted octanol–water partition coefficient (Wildman–Crippen LogP) is 6.63. The first-order chi connectivity index (χ1) is 13.5. The summed E-state index contributed by atoms with van der Waals surface area (Å²) in [6, 6.07) is 10.2. The molecule has 0 amide bonds. The van der Waals surface area contributed by atoms with Crippen LogP contribution in [0, 0.1) is 0 Å². The number of carbonyl (C=O) groups is 1. The topological polar surface area (TPSA) is 62.2 Å². The molecule has 2 aromatic carbocycles. The van der Waals surface area contributed by atoms with Crippen LogP contribution < -0.4 is 5.32 Å². The maximum Gasteiger partial charge on any atom is 0.337 e. The van der Waals surface area contributed by atoms with Crippen molar-refractivity contribution in [2.45, 2.75) is 0 Å². The third-order valence-electron chi connectivity index (χ3n) is 4.36. The lowest BCUT2D eigenvalue weighted by atomic mass is 10.0. The van der Waals surface area contributed by atoms with Gasteiger partial charge in [-0.3, -0.25) is 4.98 Å². The van der Waals surface area contributed by atoms with Crippen LogP contribution in [0.3, 0.4) is 0 Å². The number of fused-ring (bicyclic) bond motifs is 1. The van der Waals surface area contributed by atoms with Crippen molar-refractivity contribution in [3.8, 4) is 0 Å². The largest absolute Gasteiger partial charge is 0.478 e. The molecule has 0 unspecified atom stereocenters. The lowest BCUT2D eigenvalue weighted by Crippen LogP contribution is -2.05. The van der Waals surface area contributed by atoms with Crippen molar-refractivity contribution in [3.05, 3.63) is 81.3 Å². The fourth-order valence-electron chi connectivity index (χ4n) is 3.04. The number of allylic oxidation sites excluding steroid dienone is 2. The summed E-state index contributed by atoms with van der Waals surface area (Å²) in [6.45, 7) is 0. The van der Waals surface area contributed by atoms with E-state index >= 15 is 0 Å². The molecule has 1 aromatic heterocycles. The fraction of sp³-hybridized carbons (Fsp3) is 0.0476. The van der Waals surface area contributed by atoms with Crippen molar-refractivity contribution >= 4 is 68.8 Å². The normalized spacial score (nSPS) is 13.4. The second-order valence-electron chi connectivity index (χ2n) is 6.12. The molecule has 140 valence electrons. The summed E-state index contributed by atoms with van der Waals surface area (Å²) >= 11 is 13.9. The SMILES string of the molecule is O=C(O)c1cc(Cl)ccc1Nc1c(C2=CCSC=C2)cnc2ccc(Cl)cc12. The number of carboxylic acid groups (broad SMARTS) is 1. The quantitative estimate of drug-likeness (QED) is 0.488. The zero-order valence-corrected chi connectivity index (χ0v) is 16.8. The smallest absolute Gasteiger partial charge is 0.337 e. The molecule has 4 rings (SSSR count). The van der Waals surface area contributed by atoms with Gasteiger partial charge in [0.05, 0.1) is 22.5 Å². The van der Waals surface area contributed by atoms with E-state index in [-0.39, 0.29) is 5.56 Å². The third-order valence-corrected chi connectivity index (χ3v) is 5.51. The lowest BCUT2D eigenvalue weighted by Gasteiger charge is -2.18. The minimum atomic E-state index is -1.06. The zero-order valence-electron chi connectivity index (χ0n) is 14.4. The summed E-state index contributed by atoms with van der Waals surface area (Å²) in [6.07, 6.45) is 5.93. The second kappa shape index (κ2) is 7.87. The van der Waals surface area contributed by atoms with E-state index in [9.17, 15) is 9.90 Å². The van der Waals surface area contributed by atoms with Gasteiger partial charge in [0, 0.05) is 32.9 Å². The van der Waals surface area contributed by atoms with Gasteiger partial charge in [0.25, 0.3) is 0 Å². The van der Waals surface area contributed by atoms with Gasteiger partial charge in [0.1, 0.15) is 0 Å². The molecule has 0 radical (unpaired) electrons. The van der Waals surface area contributed by atoms with Gasteiger partial charge in [-0.15, -0.1) is 11.8 Å². The molecule has 0 atom stereocenters. The van der Waals surface area contributed by atoms with E-state index in [4.69, 9.17) is 23.2 Å². The molecule has 0 spiro atoms. The molecular weight excluding hydrogens is 415 g/mol. The first kappa shape index (κ1) is 18.9. The Bertz CT molecular complexity index is 1160. The van der Waals surface area contributed by atoms with Crippen molar-refractivity contribution in [3.63, 3.8) is 0 Å². The number of nitrogens with zero attached hydrogens (tertiary/aromatic N) is 1. The van der Waals surface area contributed by atoms with Crippen molar-refractivity contribution in [2.75, 3.05) is 11.1 Å². The molecule has 2 heterocycles. The molecule has 4 nitrogen and oxygen atoms in total. The zero-order chi connectivity index (χ0) is 19.7. The van der Waals surface area contributed by atoms with E-state index in [1.807, 2.05) is 23.6 Å². The van der Waals surface area contributed by atoms with Crippen LogP contribution >= 0.6 is 35.0 Å². The van der Waals surface area contributed by atoms with Crippen LogP contribution in [0.15, 0.2) is 60.2 Å². The number of hydrogen-bond acceptors (Lipinski definition) is 4. The molecule has 0 saturated heterocycles. The van der Waals surface area contributed by atoms with Gasteiger partial charge in [-0.25, -0.2) is 4.79 Å². The molecule has 7 heteroatoms. The van der Waals surface area contributed by atoms with Gasteiger partial charge in [0.2, 0.25) is 0 Å². The van der Waals surface area contributed by atoms with E-state index in [1.165, 1.54) is 6.07 Å². The Balaban J connectivity index is 1.94. The Kier molecular flexibility index (Phi) is 5.31. The number of hydrogen-bond donors (Lipinski definition) is 2. The summed E-state index contributed by atoms with van der Waals surface area (Å²) < 4.78 is 0. The highest BCUT2D eigenvalue weighted by molar-refractivity contribution is 8.02. The highest BCUT2D eigenvalue weighted by atomic mass is 35.5. The number of aromatic carboxylic acids is 1. The molecule has 2 N–H and O–H groups in total. The molecule has 1 aliphatic rings. The minimum absolute atomic E-state index is 0.0918. The van der Waals surface area contributed by atoms with Crippen LogP contribution in [0.4, 0.5) is 11.4 Å². The van der Waals surface area contributed by atoms with Gasteiger partial charge in [0.15, 0.2) is 0 Å². The average molecular weight is 429 g/mol. The lowest BCUT2D eigenvalue weighted by molar-refractivity contribution is 0.0698. The van der Waals surface area contributed by atoms with Gasteiger partial charge >= 0.3 is 5.97 Å². The van der Waals surface area contributed by atoms with Gasteiger partial charge in [-0.2, -0.15) is 0 Å². The molecule has 3 aromatic rings. The number of pyridine rings is 1. The van der Waals surface area contributed by atoms with E-state index in [2.05, 4.69) is 16.4 Å². The Morgan fingerprint density at radius 2 is 1.93 bits per heavy atom. The minimum Gasteiger partial charge on any atom is -0.478 e. The Morgan fingerprint density at radius 1 is 1.14 bits per heavy atom. The van der Waals surface area contributed by atoms with Crippen LogP contribution in [-0.4, -0.2) is 21.8 Å². The number of anilines is 2. The van der Waals surface area contributed by atoms with Gasteiger partial charge in [-0.1, -0.05) is 29.3 Å². The summed E-state index contributed by atoms with van der Waals surface area (Å²) in [5.74, 6) is -0.198. The molecule has 0 saturated carbocycles. The van der Waals surface area contributed by atoms with Crippen molar-refractivity contribution in [2.24, 2.45) is 0 Å². The first-order valence-electron chi connectivity index (χ1n) is 8.40.